The van der Waals surface area contributed by atoms with Gasteiger partial charge in [-0.1, -0.05) is 23.7 Å². The maximum Gasteiger partial charge on any atom is 0.221 e. The third-order valence-electron chi connectivity index (χ3n) is 3.18. The van der Waals surface area contributed by atoms with Crippen LogP contribution >= 0.6 is 22.9 Å². The second kappa shape index (κ2) is 6.98. The highest BCUT2D eigenvalue weighted by molar-refractivity contribution is 7.14. The van der Waals surface area contributed by atoms with Gasteiger partial charge >= 0.3 is 0 Å². The Morgan fingerprint density at radius 3 is 2.54 bits per heavy atom. The molecule has 0 saturated heterocycles. The smallest absolute Gasteiger partial charge is 0.221 e. The van der Waals surface area contributed by atoms with Crippen molar-refractivity contribution >= 4 is 45.4 Å². The number of anilines is 3. The maximum absolute atomic E-state index is 13.2. The molecule has 2 N–H and O–H groups in total. The maximum atomic E-state index is 13.2. The molecular weight excluding hydrogens is 349 g/mol. The Morgan fingerprint density at radius 2 is 1.88 bits per heavy atom. The zero-order chi connectivity index (χ0) is 17.1. The monoisotopic (exact) mass is 361 g/mol. The number of halogens is 2. The lowest BCUT2D eigenvalue weighted by atomic mass is 10.1. The second-order valence-corrected chi connectivity index (χ2v) is 6.32. The fourth-order valence-corrected chi connectivity index (χ4v) is 3.01. The van der Waals surface area contributed by atoms with Crippen LogP contribution in [0.25, 0.3) is 11.3 Å². The highest BCUT2D eigenvalue weighted by Gasteiger charge is 2.07. The van der Waals surface area contributed by atoms with Gasteiger partial charge in [0.1, 0.15) is 5.82 Å². The van der Waals surface area contributed by atoms with Gasteiger partial charge in [-0.15, -0.1) is 11.3 Å². The average molecular weight is 362 g/mol. The minimum atomic E-state index is -0.457. The van der Waals surface area contributed by atoms with Crippen LogP contribution in [-0.2, 0) is 4.79 Å². The van der Waals surface area contributed by atoms with Gasteiger partial charge in [0.05, 0.1) is 10.7 Å². The van der Waals surface area contributed by atoms with E-state index < -0.39 is 5.82 Å². The van der Waals surface area contributed by atoms with Crippen LogP contribution in [0.2, 0.25) is 5.02 Å². The number of amides is 1. The number of carbonyl (C=O) groups excluding carboxylic acids is 1. The first-order chi connectivity index (χ1) is 11.5. The molecule has 1 heterocycles. The van der Waals surface area contributed by atoms with E-state index in [1.807, 2.05) is 29.6 Å². The standard InChI is InChI=1S/C17H13ClFN3OS/c1-10(23)20-12-4-2-11(3-5-12)16-9-24-17(22-16)21-13-6-7-15(19)14(18)8-13/h2-9H,1H3,(H,20,23)(H,21,22). The van der Waals surface area contributed by atoms with Crippen molar-refractivity contribution in [3.63, 3.8) is 0 Å². The summed E-state index contributed by atoms with van der Waals surface area (Å²) in [6.07, 6.45) is 0. The molecule has 0 saturated carbocycles. The normalized spacial score (nSPS) is 10.5. The number of hydrogen-bond donors (Lipinski definition) is 2. The van der Waals surface area contributed by atoms with Crippen molar-refractivity contribution in [2.45, 2.75) is 6.92 Å². The number of thiazole rings is 1. The zero-order valence-corrected chi connectivity index (χ0v) is 14.2. The fraction of sp³-hybridized carbons (Fsp3) is 0.0588. The Balaban J connectivity index is 1.75. The van der Waals surface area contributed by atoms with Gasteiger partial charge in [0.2, 0.25) is 5.91 Å². The van der Waals surface area contributed by atoms with Gasteiger partial charge in [0, 0.05) is 29.2 Å². The van der Waals surface area contributed by atoms with Crippen LogP contribution in [-0.4, -0.2) is 10.9 Å². The molecule has 0 atom stereocenters. The Kier molecular flexibility index (Phi) is 4.78. The van der Waals surface area contributed by atoms with E-state index >= 15 is 0 Å². The first-order valence-electron chi connectivity index (χ1n) is 7.07. The predicted octanol–water partition coefficient (Wildman–Crippen LogP) is 5.30. The first-order valence-corrected chi connectivity index (χ1v) is 8.32. The number of nitrogens with zero attached hydrogens (tertiary/aromatic N) is 1. The number of aromatic nitrogens is 1. The molecule has 122 valence electrons. The molecule has 0 aliphatic heterocycles. The molecule has 2 aromatic carbocycles. The summed E-state index contributed by atoms with van der Waals surface area (Å²) in [7, 11) is 0. The quantitative estimate of drug-likeness (QED) is 0.662. The summed E-state index contributed by atoms with van der Waals surface area (Å²) >= 11 is 7.21. The van der Waals surface area contributed by atoms with E-state index in [4.69, 9.17) is 11.6 Å². The average Bonchev–Trinajstić information content (AvgIpc) is 3.00. The highest BCUT2D eigenvalue weighted by Crippen LogP contribution is 2.29. The molecule has 0 radical (unpaired) electrons. The first kappa shape index (κ1) is 16.4. The number of carbonyl (C=O) groups is 1. The van der Waals surface area contributed by atoms with E-state index in [-0.39, 0.29) is 10.9 Å². The molecule has 0 aliphatic rings. The number of rotatable bonds is 4. The summed E-state index contributed by atoms with van der Waals surface area (Å²) in [6, 6.07) is 11.8. The SMILES string of the molecule is CC(=O)Nc1ccc(-c2csc(Nc3ccc(F)c(Cl)c3)n2)cc1. The summed E-state index contributed by atoms with van der Waals surface area (Å²) in [6.45, 7) is 1.47. The van der Waals surface area contributed by atoms with Crippen LogP contribution in [0.5, 0.6) is 0 Å². The second-order valence-electron chi connectivity index (χ2n) is 5.05. The van der Waals surface area contributed by atoms with Crippen molar-refractivity contribution < 1.29 is 9.18 Å². The summed E-state index contributed by atoms with van der Waals surface area (Å²) in [5.74, 6) is -0.567. The van der Waals surface area contributed by atoms with Crippen LogP contribution in [0.1, 0.15) is 6.92 Å². The Bertz CT molecular complexity index is 880. The van der Waals surface area contributed by atoms with E-state index in [0.717, 1.165) is 16.9 Å². The predicted molar refractivity (Wildman–Crippen MR) is 96.5 cm³/mol. The van der Waals surface area contributed by atoms with Crippen molar-refractivity contribution in [1.29, 1.82) is 0 Å². The van der Waals surface area contributed by atoms with Crippen LogP contribution < -0.4 is 10.6 Å². The lowest BCUT2D eigenvalue weighted by molar-refractivity contribution is -0.114. The van der Waals surface area contributed by atoms with E-state index in [2.05, 4.69) is 15.6 Å². The van der Waals surface area contributed by atoms with Crippen molar-refractivity contribution in [3.05, 3.63) is 58.7 Å². The molecule has 0 unspecified atom stereocenters. The minimum absolute atomic E-state index is 0.0605. The van der Waals surface area contributed by atoms with Gasteiger partial charge in [-0.25, -0.2) is 9.37 Å². The Hall–Kier alpha value is -2.44. The summed E-state index contributed by atoms with van der Waals surface area (Å²) in [5, 5.41) is 8.48. The van der Waals surface area contributed by atoms with Gasteiger partial charge in [-0.05, 0) is 30.3 Å². The molecule has 24 heavy (non-hydrogen) atoms. The number of nitrogens with one attached hydrogen (secondary N) is 2. The molecule has 3 rings (SSSR count). The van der Waals surface area contributed by atoms with E-state index in [1.54, 1.807) is 6.07 Å². The van der Waals surface area contributed by atoms with Crippen molar-refractivity contribution in [2.75, 3.05) is 10.6 Å². The lowest BCUT2D eigenvalue weighted by Gasteiger charge is -2.04. The molecular formula is C17H13ClFN3OS. The van der Waals surface area contributed by atoms with Gasteiger partial charge in [0.15, 0.2) is 5.13 Å². The molecule has 3 aromatic rings. The molecule has 7 heteroatoms. The number of benzene rings is 2. The van der Waals surface area contributed by atoms with E-state index in [0.29, 0.717) is 10.8 Å². The Morgan fingerprint density at radius 1 is 1.17 bits per heavy atom. The van der Waals surface area contributed by atoms with Crippen molar-refractivity contribution in [3.8, 4) is 11.3 Å². The highest BCUT2D eigenvalue weighted by atomic mass is 35.5. The molecule has 0 bridgehead atoms. The van der Waals surface area contributed by atoms with Crippen LogP contribution in [0.15, 0.2) is 47.8 Å². The lowest BCUT2D eigenvalue weighted by Crippen LogP contribution is -2.05. The molecule has 1 amide bonds. The fourth-order valence-electron chi connectivity index (χ4n) is 2.09. The topological polar surface area (TPSA) is 54.0 Å². The summed E-state index contributed by atoms with van der Waals surface area (Å²) in [5.41, 5.74) is 3.15. The largest absolute Gasteiger partial charge is 0.331 e. The van der Waals surface area contributed by atoms with Crippen molar-refractivity contribution in [1.82, 2.24) is 4.98 Å². The minimum Gasteiger partial charge on any atom is -0.331 e. The van der Waals surface area contributed by atoms with E-state index in [9.17, 15) is 9.18 Å². The third-order valence-corrected chi connectivity index (χ3v) is 4.22. The summed E-state index contributed by atoms with van der Waals surface area (Å²) < 4.78 is 13.2. The van der Waals surface area contributed by atoms with Gasteiger partial charge in [0.25, 0.3) is 0 Å². The van der Waals surface area contributed by atoms with Gasteiger partial charge in [-0.3, -0.25) is 4.79 Å². The van der Waals surface area contributed by atoms with Gasteiger partial charge < -0.3 is 10.6 Å². The molecule has 1 aromatic heterocycles. The van der Waals surface area contributed by atoms with Gasteiger partial charge in [-0.2, -0.15) is 0 Å². The van der Waals surface area contributed by atoms with Crippen LogP contribution in [0.4, 0.5) is 20.9 Å². The molecule has 0 spiro atoms. The Labute approximate surface area is 147 Å². The molecule has 0 fully saturated rings. The third kappa shape index (κ3) is 3.90. The molecule has 4 nitrogen and oxygen atoms in total. The van der Waals surface area contributed by atoms with E-state index in [1.165, 1.54) is 30.4 Å². The van der Waals surface area contributed by atoms with Crippen molar-refractivity contribution in [2.24, 2.45) is 0 Å². The number of hydrogen-bond acceptors (Lipinski definition) is 4. The van der Waals surface area contributed by atoms with Crippen LogP contribution in [0.3, 0.4) is 0 Å². The summed E-state index contributed by atoms with van der Waals surface area (Å²) in [4.78, 5) is 15.5. The van der Waals surface area contributed by atoms with Crippen LogP contribution in [0, 0.1) is 5.82 Å². The zero-order valence-electron chi connectivity index (χ0n) is 12.6. The molecule has 0 aliphatic carbocycles.